The second kappa shape index (κ2) is 12.5. The Bertz CT molecular complexity index is 1240. The first-order valence-corrected chi connectivity index (χ1v) is 13.2. The van der Waals surface area contributed by atoms with Crippen molar-refractivity contribution in [1.82, 2.24) is 0 Å². The molecule has 5 nitrogen and oxygen atoms in total. The predicted octanol–water partition coefficient (Wildman–Crippen LogP) is 6.54. The van der Waals surface area contributed by atoms with E-state index in [1.165, 1.54) is 6.08 Å². The highest BCUT2D eigenvalue weighted by Crippen LogP contribution is 2.40. The number of hydrogen-bond acceptors (Lipinski definition) is 5. The Balaban J connectivity index is 2.51. The third-order valence-corrected chi connectivity index (χ3v) is 8.06. The molecule has 0 saturated carbocycles. The number of sulfone groups is 1. The van der Waals surface area contributed by atoms with Crippen LogP contribution in [-0.4, -0.2) is 28.1 Å². The van der Waals surface area contributed by atoms with Gasteiger partial charge in [0.25, 0.3) is 0 Å². The molecule has 0 aromatic heterocycles. The van der Waals surface area contributed by atoms with E-state index < -0.39 is 15.1 Å². The molecule has 0 heterocycles. The molecule has 1 unspecified atom stereocenters. The van der Waals surface area contributed by atoms with E-state index in [0.717, 1.165) is 39.1 Å². The predicted molar refractivity (Wildman–Crippen MR) is 141 cm³/mol. The van der Waals surface area contributed by atoms with Gasteiger partial charge in [-0.25, -0.2) is 13.2 Å². The molecule has 2 aromatic carbocycles. The summed E-state index contributed by atoms with van der Waals surface area (Å²) in [6, 6.07) is 10.5. The number of carbonyl (C=O) groups is 1. The molecule has 0 fully saturated rings. The van der Waals surface area contributed by atoms with Crippen molar-refractivity contribution in [2.45, 2.75) is 58.1 Å². The van der Waals surface area contributed by atoms with Crippen molar-refractivity contribution in [2.24, 2.45) is 0 Å². The highest BCUT2D eigenvalue weighted by Gasteiger charge is 2.32. The number of benzene rings is 2. The van der Waals surface area contributed by atoms with Crippen LogP contribution in [0.15, 0.2) is 76.7 Å². The van der Waals surface area contributed by atoms with Crippen molar-refractivity contribution >= 4 is 15.8 Å². The Labute approximate surface area is 210 Å². The molecule has 0 bridgehead atoms. The van der Waals surface area contributed by atoms with Crippen LogP contribution in [0.5, 0.6) is 5.75 Å². The standard InChI is InChI=1S/C29H36O5S/c1-8-34-28(30)18-21(3)14-12-13-20(2)17-27(35(31,32)25-15-10-9-11-16-25)29-22(4)19-26(33-7)23(5)24(29)6/h9-16,18-19,27H,8,17H2,1-7H3/b14-12+,20-13+,21-18+. The van der Waals surface area contributed by atoms with Gasteiger partial charge in [0.2, 0.25) is 0 Å². The van der Waals surface area contributed by atoms with Crippen LogP contribution in [0.25, 0.3) is 0 Å². The molecular formula is C29H36O5S. The van der Waals surface area contributed by atoms with Crippen LogP contribution < -0.4 is 4.74 Å². The highest BCUT2D eigenvalue weighted by molar-refractivity contribution is 7.91. The normalized spacial score (nSPS) is 13.7. The second-order valence-corrected chi connectivity index (χ2v) is 10.8. The molecule has 188 valence electrons. The first kappa shape index (κ1) is 28.1. The monoisotopic (exact) mass is 496 g/mol. The van der Waals surface area contributed by atoms with E-state index in [1.54, 1.807) is 44.4 Å². The van der Waals surface area contributed by atoms with Gasteiger partial charge in [0.05, 0.1) is 23.9 Å². The van der Waals surface area contributed by atoms with Crippen molar-refractivity contribution in [3.05, 3.63) is 94.1 Å². The van der Waals surface area contributed by atoms with Gasteiger partial charge in [0.1, 0.15) is 5.75 Å². The lowest BCUT2D eigenvalue weighted by Gasteiger charge is -2.25. The average Bonchev–Trinajstić information content (AvgIpc) is 2.81. The van der Waals surface area contributed by atoms with Gasteiger partial charge >= 0.3 is 5.97 Å². The molecule has 0 aliphatic heterocycles. The SMILES string of the molecule is CCOC(=O)/C=C(C)/C=C/C=C(\C)CC(c1c(C)cc(OC)c(C)c1C)S(=O)(=O)c1ccccc1. The number of carbonyl (C=O) groups excluding carboxylic acids is 1. The zero-order valence-corrected chi connectivity index (χ0v) is 22.5. The summed E-state index contributed by atoms with van der Waals surface area (Å²) in [4.78, 5) is 11.9. The molecule has 0 radical (unpaired) electrons. The van der Waals surface area contributed by atoms with Crippen LogP contribution in [0.4, 0.5) is 0 Å². The lowest BCUT2D eigenvalue weighted by Crippen LogP contribution is -2.17. The topological polar surface area (TPSA) is 69.7 Å². The second-order valence-electron chi connectivity index (χ2n) is 8.62. The molecule has 0 aliphatic rings. The van der Waals surface area contributed by atoms with E-state index >= 15 is 0 Å². The minimum atomic E-state index is -3.67. The van der Waals surface area contributed by atoms with E-state index in [0.29, 0.717) is 17.9 Å². The van der Waals surface area contributed by atoms with E-state index in [1.807, 2.05) is 58.9 Å². The molecule has 2 aromatic rings. The van der Waals surface area contributed by atoms with E-state index in [2.05, 4.69) is 0 Å². The summed E-state index contributed by atoms with van der Waals surface area (Å²) in [5.74, 6) is 0.365. The average molecular weight is 497 g/mol. The van der Waals surface area contributed by atoms with Crippen LogP contribution in [-0.2, 0) is 19.4 Å². The van der Waals surface area contributed by atoms with Gasteiger partial charge in [-0.1, -0.05) is 42.0 Å². The maximum atomic E-state index is 13.9. The van der Waals surface area contributed by atoms with Crippen LogP contribution in [0.3, 0.4) is 0 Å². The Morgan fingerprint density at radius 1 is 1.06 bits per heavy atom. The van der Waals surface area contributed by atoms with Gasteiger partial charge in [0, 0.05) is 6.08 Å². The van der Waals surface area contributed by atoms with E-state index in [-0.39, 0.29) is 5.97 Å². The fraction of sp³-hybridized carbons (Fsp3) is 0.345. The first-order valence-electron chi connectivity index (χ1n) is 11.6. The Hall–Kier alpha value is -3.12. The van der Waals surface area contributed by atoms with Crippen molar-refractivity contribution in [3.8, 4) is 5.75 Å². The van der Waals surface area contributed by atoms with Gasteiger partial charge in [-0.2, -0.15) is 0 Å². The summed E-state index contributed by atoms with van der Waals surface area (Å²) in [6.45, 7) is 11.7. The number of rotatable bonds is 10. The quantitative estimate of drug-likeness (QED) is 0.212. The maximum Gasteiger partial charge on any atom is 0.330 e. The van der Waals surface area contributed by atoms with Crippen molar-refractivity contribution in [2.75, 3.05) is 13.7 Å². The van der Waals surface area contributed by atoms with Gasteiger partial charge in [-0.15, -0.1) is 0 Å². The number of methoxy groups -OCH3 is 1. The molecule has 0 N–H and O–H groups in total. The maximum absolute atomic E-state index is 13.9. The van der Waals surface area contributed by atoms with E-state index in [9.17, 15) is 13.2 Å². The molecule has 0 amide bonds. The molecule has 0 aliphatic carbocycles. The third kappa shape index (κ3) is 7.18. The Kier molecular flexibility index (Phi) is 10.1. The van der Waals surface area contributed by atoms with Crippen LogP contribution in [0.2, 0.25) is 0 Å². The number of allylic oxidation sites excluding steroid dienone is 5. The minimum absolute atomic E-state index is 0.300. The van der Waals surface area contributed by atoms with Gasteiger partial charge in [-0.05, 0) is 94.0 Å². The molecule has 2 rings (SSSR count). The molecule has 35 heavy (non-hydrogen) atoms. The van der Waals surface area contributed by atoms with Gasteiger partial charge in [-0.3, -0.25) is 0 Å². The summed E-state index contributed by atoms with van der Waals surface area (Å²) >= 11 is 0. The molecule has 0 spiro atoms. The Morgan fingerprint density at radius 2 is 1.71 bits per heavy atom. The minimum Gasteiger partial charge on any atom is -0.496 e. The van der Waals surface area contributed by atoms with E-state index in [4.69, 9.17) is 9.47 Å². The van der Waals surface area contributed by atoms with Crippen LogP contribution >= 0.6 is 0 Å². The molecular weight excluding hydrogens is 460 g/mol. The summed E-state index contributed by atoms with van der Waals surface area (Å²) in [5, 5.41) is -0.754. The largest absolute Gasteiger partial charge is 0.496 e. The zero-order valence-electron chi connectivity index (χ0n) is 21.7. The highest BCUT2D eigenvalue weighted by atomic mass is 32.2. The fourth-order valence-electron chi connectivity index (χ4n) is 4.06. The van der Waals surface area contributed by atoms with Crippen LogP contribution in [0, 0.1) is 20.8 Å². The molecule has 1 atom stereocenters. The van der Waals surface area contributed by atoms with Gasteiger partial charge < -0.3 is 9.47 Å². The summed E-state index contributed by atoms with van der Waals surface area (Å²) < 4.78 is 38.2. The number of hydrogen-bond donors (Lipinski definition) is 0. The number of ether oxygens (including phenoxy) is 2. The van der Waals surface area contributed by atoms with Crippen molar-refractivity contribution in [1.29, 1.82) is 0 Å². The zero-order chi connectivity index (χ0) is 26.2. The smallest absolute Gasteiger partial charge is 0.330 e. The van der Waals surface area contributed by atoms with Crippen molar-refractivity contribution in [3.63, 3.8) is 0 Å². The van der Waals surface area contributed by atoms with Gasteiger partial charge in [0.15, 0.2) is 9.84 Å². The fourth-order valence-corrected chi connectivity index (χ4v) is 6.08. The molecule has 0 saturated heterocycles. The number of aryl methyl sites for hydroxylation is 1. The Morgan fingerprint density at radius 3 is 2.31 bits per heavy atom. The lowest BCUT2D eigenvalue weighted by molar-refractivity contribution is -0.137. The molecule has 6 heteroatoms. The first-order chi connectivity index (χ1) is 16.5. The third-order valence-electron chi connectivity index (χ3n) is 5.98. The lowest BCUT2D eigenvalue weighted by atomic mass is 9.92. The van der Waals surface area contributed by atoms with Crippen LogP contribution in [0.1, 0.15) is 54.7 Å². The summed E-state index contributed by atoms with van der Waals surface area (Å²) in [6.07, 6.45) is 7.27. The van der Waals surface area contributed by atoms with Crippen molar-refractivity contribution < 1.29 is 22.7 Å². The summed E-state index contributed by atoms with van der Waals surface area (Å²) in [7, 11) is -2.05. The number of esters is 1. The summed E-state index contributed by atoms with van der Waals surface area (Å²) in [5.41, 5.74) is 5.19.